The third kappa shape index (κ3) is 5.19. The molecule has 1 heterocycles. The van der Waals surface area contributed by atoms with Crippen LogP contribution in [0.15, 0.2) is 23.0 Å². The molecule has 7 N–H and O–H groups in total. The number of likely N-dealkylation sites (tertiary alicyclic amines) is 1. The smallest absolute Gasteiger partial charge is 0.255 e. The molecule has 6 rings (SSSR count). The highest BCUT2D eigenvalue weighted by molar-refractivity contribution is 6.24. The van der Waals surface area contributed by atoms with Gasteiger partial charge >= 0.3 is 0 Å². The first-order valence-electron chi connectivity index (χ1n) is 16.4. The maximum atomic E-state index is 14.2. The van der Waals surface area contributed by atoms with E-state index in [9.17, 15) is 39.6 Å². The second kappa shape index (κ2) is 11.9. The number of benzene rings is 1. The number of Topliss-reactive ketones (excluding diaryl/α,β-unsaturated/α-hetero) is 2. The zero-order chi connectivity index (χ0) is 34.1. The Morgan fingerprint density at radius 3 is 2.32 bits per heavy atom. The third-order valence-corrected chi connectivity index (χ3v) is 11.0. The summed E-state index contributed by atoms with van der Waals surface area (Å²) in [4.78, 5) is 58.6. The number of nitrogens with two attached hydrogens (primary N) is 1. The van der Waals surface area contributed by atoms with Gasteiger partial charge in [-0.2, -0.15) is 0 Å². The van der Waals surface area contributed by atoms with Crippen LogP contribution in [0.2, 0.25) is 0 Å². The van der Waals surface area contributed by atoms with Crippen LogP contribution in [-0.2, 0) is 25.6 Å². The number of phenolic OH excluding ortho intramolecular Hbond substituents is 1. The van der Waals surface area contributed by atoms with Crippen LogP contribution in [0.5, 0.6) is 5.75 Å². The summed E-state index contributed by atoms with van der Waals surface area (Å²) in [6.45, 7) is 2.23. The molecule has 2 amide bonds. The van der Waals surface area contributed by atoms with E-state index in [2.05, 4.69) is 10.2 Å². The van der Waals surface area contributed by atoms with Gasteiger partial charge in [-0.25, -0.2) is 0 Å². The summed E-state index contributed by atoms with van der Waals surface area (Å²) in [5.41, 5.74) is 2.73. The number of aliphatic hydroxyl groups excluding tert-OH is 2. The van der Waals surface area contributed by atoms with E-state index in [-0.39, 0.29) is 41.5 Å². The molecule has 0 radical (unpaired) electrons. The van der Waals surface area contributed by atoms with E-state index in [1.54, 1.807) is 39.2 Å². The molecular weight excluding hydrogens is 606 g/mol. The van der Waals surface area contributed by atoms with Crippen LogP contribution in [0.25, 0.3) is 5.76 Å². The Morgan fingerprint density at radius 1 is 1.06 bits per heavy atom. The fourth-order valence-electron chi connectivity index (χ4n) is 8.64. The normalized spacial score (nSPS) is 28.5. The summed E-state index contributed by atoms with van der Waals surface area (Å²) >= 11 is 0. The Morgan fingerprint density at radius 2 is 1.72 bits per heavy atom. The van der Waals surface area contributed by atoms with Gasteiger partial charge in [0.25, 0.3) is 5.91 Å². The number of hydrogen-bond acceptors (Lipinski definition) is 11. The highest BCUT2D eigenvalue weighted by Crippen LogP contribution is 2.54. The number of amides is 2. The van der Waals surface area contributed by atoms with E-state index in [0.717, 1.165) is 6.54 Å². The number of ketones is 2. The van der Waals surface area contributed by atoms with Crippen LogP contribution in [0.1, 0.15) is 49.7 Å². The van der Waals surface area contributed by atoms with E-state index in [0.29, 0.717) is 30.3 Å². The van der Waals surface area contributed by atoms with Crippen molar-refractivity contribution in [2.75, 3.05) is 58.0 Å². The van der Waals surface area contributed by atoms with E-state index in [1.165, 1.54) is 37.0 Å². The summed E-state index contributed by atoms with van der Waals surface area (Å²) in [7, 11) is 6.68. The second-order valence-electron chi connectivity index (χ2n) is 14.4. The van der Waals surface area contributed by atoms with Gasteiger partial charge in [0, 0.05) is 50.9 Å². The molecule has 1 unspecified atom stereocenters. The van der Waals surface area contributed by atoms with E-state index >= 15 is 0 Å². The van der Waals surface area contributed by atoms with Crippen molar-refractivity contribution in [2.45, 2.75) is 56.6 Å². The van der Waals surface area contributed by atoms with Crippen LogP contribution in [0, 0.1) is 23.7 Å². The molecule has 4 atom stereocenters. The average molecular weight is 652 g/mol. The number of likely N-dealkylation sites (N-methyl/N-ethyl adjacent to an activating group) is 1. The summed E-state index contributed by atoms with van der Waals surface area (Å²) in [6.07, 6.45) is 6.40. The van der Waals surface area contributed by atoms with Crippen LogP contribution >= 0.6 is 0 Å². The zero-order valence-corrected chi connectivity index (χ0v) is 27.4. The van der Waals surface area contributed by atoms with Crippen molar-refractivity contribution >= 4 is 40.5 Å². The number of rotatable bonds is 7. The number of nitrogens with zero attached hydrogens (tertiary/aromatic N) is 3. The SMILES string of the molecule is CN(C)c1cc(NC(=O)C2CN(CC3CCCCC3)C2)c(O)c2c1C[C@H]1CC3[C@H](N(C)C)C(=O)C(C(N)=O)=C(O)[C@@]3(O)C(=O)C1=C2O. The molecule has 2 saturated carbocycles. The summed E-state index contributed by atoms with van der Waals surface area (Å²) in [5.74, 6) is -7.02. The van der Waals surface area contributed by atoms with E-state index in [4.69, 9.17) is 5.73 Å². The Balaban J connectivity index is 1.34. The molecule has 1 aliphatic heterocycles. The van der Waals surface area contributed by atoms with E-state index in [1.807, 2.05) is 0 Å². The largest absolute Gasteiger partial charge is 0.508 e. The maximum absolute atomic E-state index is 14.2. The number of aromatic hydroxyl groups is 1. The number of carbonyl (C=O) groups excluding carboxylic acids is 4. The third-order valence-electron chi connectivity index (χ3n) is 11.0. The Kier molecular flexibility index (Phi) is 8.38. The molecule has 47 heavy (non-hydrogen) atoms. The number of anilines is 2. The minimum Gasteiger partial charge on any atom is -0.508 e. The van der Waals surface area contributed by atoms with Crippen molar-refractivity contribution in [3.05, 3.63) is 34.1 Å². The van der Waals surface area contributed by atoms with Gasteiger partial charge in [-0.1, -0.05) is 19.3 Å². The lowest BCUT2D eigenvalue weighted by molar-refractivity contribution is -0.153. The molecule has 5 aliphatic rings. The molecule has 13 nitrogen and oxygen atoms in total. The highest BCUT2D eigenvalue weighted by Gasteiger charge is 2.64. The average Bonchev–Trinajstić information content (AvgIpc) is 2.97. The molecule has 0 bridgehead atoms. The zero-order valence-electron chi connectivity index (χ0n) is 27.4. The van der Waals surface area contributed by atoms with Gasteiger partial charge in [0.1, 0.15) is 22.8 Å². The quantitative estimate of drug-likeness (QED) is 0.185. The Hall–Kier alpha value is -3.94. The van der Waals surface area contributed by atoms with Gasteiger partial charge in [-0.15, -0.1) is 0 Å². The predicted molar refractivity (Wildman–Crippen MR) is 174 cm³/mol. The van der Waals surface area contributed by atoms with Crippen molar-refractivity contribution in [1.29, 1.82) is 0 Å². The molecule has 4 aliphatic carbocycles. The second-order valence-corrected chi connectivity index (χ2v) is 14.4. The van der Waals surface area contributed by atoms with Gasteiger partial charge in [0.2, 0.25) is 11.7 Å². The van der Waals surface area contributed by atoms with Crippen LogP contribution < -0.4 is 16.0 Å². The number of hydrogen-bond donors (Lipinski definition) is 6. The molecule has 3 fully saturated rings. The minimum absolute atomic E-state index is 0.00306. The molecular formula is C34H45N5O8. The number of carbonyl (C=O) groups is 4. The number of aliphatic hydroxyl groups is 3. The fourth-order valence-corrected chi connectivity index (χ4v) is 8.64. The molecule has 0 aromatic heterocycles. The standard InChI is InChI=1S/C34H45N5O8/c1-37(2)22-12-21(36-33(46)18-14-39(15-18)13-16-8-6-5-7-9-16)27(40)24-19(22)10-17-11-20-26(38(3)4)29(42)25(32(35)45)31(44)34(20,47)30(43)23(17)28(24)41/h12,16-18,20,26,40-41,44,47H,5-11,13-15H2,1-4H3,(H2,35,45)(H,36,46)/t17-,20?,26-,34-/m0/s1. The topological polar surface area (TPSA) is 197 Å². The number of phenols is 1. The van der Waals surface area contributed by atoms with Crippen molar-refractivity contribution in [1.82, 2.24) is 9.80 Å². The lowest BCUT2D eigenvalue weighted by Gasteiger charge is -2.50. The predicted octanol–water partition coefficient (Wildman–Crippen LogP) is 1.48. The maximum Gasteiger partial charge on any atom is 0.255 e. The molecule has 0 spiro atoms. The minimum atomic E-state index is -2.72. The number of primary amides is 1. The first kappa shape index (κ1) is 33.0. The van der Waals surface area contributed by atoms with Crippen molar-refractivity contribution in [2.24, 2.45) is 29.4 Å². The van der Waals surface area contributed by atoms with Gasteiger partial charge in [0.05, 0.1) is 23.2 Å². The first-order chi connectivity index (χ1) is 22.2. The fraction of sp³-hybridized carbons (Fsp3) is 0.588. The molecule has 1 aromatic rings. The van der Waals surface area contributed by atoms with Gasteiger partial charge in [-0.3, -0.25) is 24.1 Å². The lowest BCUT2D eigenvalue weighted by Crippen LogP contribution is -2.65. The van der Waals surface area contributed by atoms with Crippen LogP contribution in [0.4, 0.5) is 11.4 Å². The molecule has 1 aromatic carbocycles. The van der Waals surface area contributed by atoms with Gasteiger partial charge in [-0.05, 0) is 63.2 Å². The molecule has 13 heteroatoms. The summed E-state index contributed by atoms with van der Waals surface area (Å²) in [6, 6.07) is 0.487. The van der Waals surface area contributed by atoms with E-state index < -0.39 is 63.8 Å². The Labute approximate surface area is 273 Å². The molecule has 254 valence electrons. The lowest BCUT2D eigenvalue weighted by atomic mass is 9.57. The summed E-state index contributed by atoms with van der Waals surface area (Å²) in [5, 5.41) is 49.0. The highest BCUT2D eigenvalue weighted by atomic mass is 16.3. The van der Waals surface area contributed by atoms with Crippen LogP contribution in [0.3, 0.4) is 0 Å². The van der Waals surface area contributed by atoms with Crippen LogP contribution in [-0.4, -0.2) is 113 Å². The van der Waals surface area contributed by atoms with Crippen molar-refractivity contribution in [3.8, 4) is 5.75 Å². The van der Waals surface area contributed by atoms with Crippen molar-refractivity contribution in [3.63, 3.8) is 0 Å². The monoisotopic (exact) mass is 651 g/mol. The van der Waals surface area contributed by atoms with Gasteiger partial charge < -0.3 is 41.3 Å². The molecule has 1 saturated heterocycles. The van der Waals surface area contributed by atoms with Crippen molar-refractivity contribution < 1.29 is 39.6 Å². The Bertz CT molecular complexity index is 1600. The number of fused-ring (bicyclic) bond motifs is 3. The first-order valence-corrected chi connectivity index (χ1v) is 16.4. The van der Waals surface area contributed by atoms with Gasteiger partial charge in [0.15, 0.2) is 11.4 Å². The number of nitrogens with one attached hydrogen (secondary N) is 1. The summed E-state index contributed by atoms with van der Waals surface area (Å²) < 4.78 is 0.